The Morgan fingerprint density at radius 2 is 0.168 bits per heavy atom. The van der Waals surface area contributed by atoms with Gasteiger partial charge in [-0.15, -0.1) is 0 Å². The van der Waals surface area contributed by atoms with E-state index in [1.54, 1.807) is 33.4 Å². The third kappa shape index (κ3) is 1150. The van der Waals surface area contributed by atoms with Crippen molar-refractivity contribution >= 4 is 0 Å². The van der Waals surface area contributed by atoms with Crippen LogP contribution < -0.4 is 0 Å². The predicted octanol–water partition coefficient (Wildman–Crippen LogP) is 51.2. The van der Waals surface area contributed by atoms with Crippen LogP contribution in [0.25, 0.3) is 0 Å². The van der Waals surface area contributed by atoms with Crippen molar-refractivity contribution in [3.8, 4) is 0 Å². The average molecular weight is 1580 g/mol. The van der Waals surface area contributed by atoms with Gasteiger partial charge >= 0.3 is 0 Å². The van der Waals surface area contributed by atoms with E-state index in [4.69, 9.17) is 0 Å². The number of hydrogen-bond donors (Lipinski definition) is 0. The smallest absolute Gasteiger partial charge is 0.00583 e. The monoisotopic (exact) mass is 1580 g/mol. The molecule has 2 aliphatic rings. The summed E-state index contributed by atoms with van der Waals surface area (Å²) >= 11 is 0. The van der Waals surface area contributed by atoms with Crippen molar-refractivity contribution < 1.29 is 0 Å². The van der Waals surface area contributed by atoms with Crippen molar-refractivity contribution in [2.75, 3.05) is 0 Å². The van der Waals surface area contributed by atoms with E-state index in [9.17, 15) is 0 Å². The van der Waals surface area contributed by atoms with E-state index in [0.29, 0.717) is 0 Å². The first kappa shape index (κ1) is 276. The lowest BCUT2D eigenvalue weighted by Crippen LogP contribution is -1.87. The van der Waals surface area contributed by atoms with Gasteiger partial charge in [-0.05, 0) is 61.8 Å². The molecule has 0 bridgehead atoms. The maximum absolute atomic E-state index is 2.31. The second-order valence-corrected chi connectivity index (χ2v) is 10.9. The lowest BCUT2D eigenvalue weighted by atomic mass is 9.99. The normalized spacial score (nSPS) is 6.17. The van der Waals surface area contributed by atoms with Crippen LogP contribution in [0.3, 0.4) is 0 Å². The fourth-order valence-electron chi connectivity index (χ4n) is 3.08. The number of hydrogen-bond acceptors (Lipinski definition) is 0. The molecular formula is C107H290. The number of rotatable bonds is 2. The summed E-state index contributed by atoms with van der Waals surface area (Å²) in [4.78, 5) is 0. The largest absolute Gasteiger partial charge is 0.0683 e. The van der Waals surface area contributed by atoms with Crippen molar-refractivity contribution in [1.82, 2.24) is 0 Å². The molecule has 0 aromatic rings. The Morgan fingerprint density at radius 3 is 0.206 bits per heavy atom. The zero-order valence-electron chi connectivity index (χ0n) is 100. The van der Waals surface area contributed by atoms with E-state index in [-0.39, 0.29) is 0 Å². The molecule has 2 aliphatic carbocycles. The van der Waals surface area contributed by atoms with Crippen molar-refractivity contribution in [2.45, 2.75) is 693 Å². The molecule has 0 heterocycles. The molecule has 0 N–H and O–H groups in total. The summed E-state index contributed by atoms with van der Waals surface area (Å²) in [6, 6.07) is 0. The summed E-state index contributed by atoms with van der Waals surface area (Å²) in [5.74, 6) is 0. The molecule has 0 aromatic carbocycles. The van der Waals surface area contributed by atoms with Crippen LogP contribution in [0.4, 0.5) is 0 Å². The van der Waals surface area contributed by atoms with Crippen LogP contribution in [0.2, 0.25) is 0 Å². The molecule has 0 aliphatic heterocycles. The van der Waals surface area contributed by atoms with Gasteiger partial charge in [0.25, 0.3) is 0 Å². The van der Waals surface area contributed by atoms with E-state index in [1.165, 1.54) is 83.5 Å². The maximum atomic E-state index is 2.31. The lowest BCUT2D eigenvalue weighted by molar-refractivity contribution is 1.00. The minimum atomic E-state index is 1.22. The van der Waals surface area contributed by atoms with Gasteiger partial charge in [0.15, 0.2) is 0 Å². The van der Waals surface area contributed by atoms with Crippen LogP contribution in [0.5, 0.6) is 0 Å². The first-order chi connectivity index (χ1) is 52.4. The summed E-state index contributed by atoms with van der Waals surface area (Å²) in [5, 5.41) is 0. The lowest BCUT2D eigenvalue weighted by Gasteiger charge is -2.07. The highest BCUT2D eigenvalue weighted by molar-refractivity contribution is 5.60. The second-order valence-electron chi connectivity index (χ2n) is 10.9. The van der Waals surface area contributed by atoms with Crippen molar-refractivity contribution in [3.05, 3.63) is 33.4 Å². The molecule has 0 aromatic heterocycles. The molecule has 0 radical (unpaired) electrons. The second kappa shape index (κ2) is 1250. The molecule has 0 saturated heterocycles. The highest BCUT2D eigenvalue weighted by atomic mass is 14.3. The Morgan fingerprint density at radius 1 is 0.121 bits per heavy atom. The minimum Gasteiger partial charge on any atom is -0.0683 e. The van der Waals surface area contributed by atoms with Gasteiger partial charge in [-0.3, -0.25) is 0 Å². The zero-order valence-corrected chi connectivity index (χ0v) is 100. The molecule has 0 spiro atoms. The van der Waals surface area contributed by atoms with Gasteiger partial charge < -0.3 is 0 Å². The van der Waals surface area contributed by atoms with Gasteiger partial charge in [-0.2, -0.15) is 0 Å². The summed E-state index contributed by atoms with van der Waals surface area (Å²) in [7, 11) is 0. The molecule has 718 valence electrons. The SMILES string of the molecule is CC.CC.CC.CC.CC.CC.CC.CC.CC.CC.CC.CC.CC.CC.CC.CC.CC.CC.CC.CC.CC.CC.CC.CC.CC.CC.CC.CC.CC.CC.CC.CC.CC.CCC.CCC.CCC.CCC.CCC.CCC.CCC.CCC.CCC.CCC1=C(C)CC2=C1CC(C)=C2CC. The molecule has 0 fully saturated rings. The fraction of sp³-hybridized carbons (Fsp3) is 0.944. The van der Waals surface area contributed by atoms with E-state index in [1.807, 2.05) is 457 Å². The van der Waals surface area contributed by atoms with Crippen LogP contribution in [0.1, 0.15) is 693 Å². The average Bonchev–Trinajstić information content (AvgIpc) is 1.63. The fourth-order valence-corrected chi connectivity index (χ4v) is 3.08. The summed E-state index contributed by atoms with van der Waals surface area (Å²) in [6.45, 7) is 179. The van der Waals surface area contributed by atoms with E-state index >= 15 is 0 Å². The van der Waals surface area contributed by atoms with Crippen molar-refractivity contribution in [1.29, 1.82) is 0 Å². The van der Waals surface area contributed by atoms with E-state index in [2.05, 4.69) is 152 Å². The van der Waals surface area contributed by atoms with Gasteiger partial charge in [0, 0.05) is 0 Å². The van der Waals surface area contributed by atoms with Gasteiger partial charge in [-0.25, -0.2) is 0 Å². The molecule has 107 heavy (non-hydrogen) atoms. The highest BCUT2D eigenvalue weighted by Crippen LogP contribution is 2.47. The quantitative estimate of drug-likeness (QED) is 0.259. The van der Waals surface area contributed by atoms with Crippen LogP contribution in [-0.4, -0.2) is 0 Å². The Hall–Kier alpha value is -0.780. The molecule has 0 amide bonds. The standard InChI is InChI=1S/C14H20.9C3H8.33C2H6/c1-5-11-9(3)7-14-12(6-2)10(4)8-13(11)14;9*1-3-2;33*1-2/h5-8H2,1-4H3;9*3H2,1-2H3;33*1-2H3. The van der Waals surface area contributed by atoms with Gasteiger partial charge in [0.2, 0.25) is 0 Å². The van der Waals surface area contributed by atoms with Crippen LogP contribution in [0.15, 0.2) is 33.4 Å². The first-order valence-corrected chi connectivity index (χ1v) is 51.5. The van der Waals surface area contributed by atoms with E-state index < -0.39 is 0 Å². The first-order valence-electron chi connectivity index (χ1n) is 51.5. The molecule has 0 nitrogen and oxygen atoms in total. The molecule has 0 saturated carbocycles. The maximum Gasteiger partial charge on any atom is -0.00583 e. The minimum absolute atomic E-state index is 1.22. The zero-order chi connectivity index (χ0) is 101. The molecule has 0 atom stereocenters. The molecular weight excluding hydrogens is 1290 g/mol. The Labute approximate surface area is 722 Å². The van der Waals surface area contributed by atoms with E-state index in [0.717, 1.165) is 0 Å². The Balaban J connectivity index is -0.0000000110. The third-order valence-electron chi connectivity index (χ3n) is 3.71. The predicted molar refractivity (Wildman–Crippen MR) is 580 cm³/mol. The van der Waals surface area contributed by atoms with Crippen molar-refractivity contribution in [3.63, 3.8) is 0 Å². The van der Waals surface area contributed by atoms with Crippen LogP contribution >= 0.6 is 0 Å². The Kier molecular flexibility index (Phi) is 3230. The van der Waals surface area contributed by atoms with Crippen molar-refractivity contribution in [2.24, 2.45) is 0 Å². The van der Waals surface area contributed by atoms with Gasteiger partial charge in [0.05, 0.1) is 0 Å². The van der Waals surface area contributed by atoms with Crippen LogP contribution in [-0.2, 0) is 0 Å². The van der Waals surface area contributed by atoms with Gasteiger partial charge in [0.1, 0.15) is 0 Å². The summed E-state index contributed by atoms with van der Waals surface area (Å²) in [5.41, 5.74) is 9.91. The third-order valence-corrected chi connectivity index (χ3v) is 3.71. The molecule has 0 heteroatoms. The molecule has 2 rings (SSSR count). The summed E-state index contributed by atoms with van der Waals surface area (Å²) in [6.07, 6.45) is 16.2. The van der Waals surface area contributed by atoms with Gasteiger partial charge in [-0.1, -0.05) is 664 Å². The van der Waals surface area contributed by atoms with Crippen LogP contribution in [0, 0.1) is 0 Å². The topological polar surface area (TPSA) is 0 Å². The highest BCUT2D eigenvalue weighted by Gasteiger charge is 2.28. The Bertz CT molecular complexity index is 420. The number of allylic oxidation sites excluding steroid dienone is 6. The molecule has 0 unspecified atom stereocenters. The summed E-state index contributed by atoms with van der Waals surface area (Å²) < 4.78 is 0.